The van der Waals surface area contributed by atoms with E-state index in [2.05, 4.69) is 58.2 Å². The Bertz CT molecular complexity index is 570. The molecule has 7 nitrogen and oxygen atoms in total. The van der Waals surface area contributed by atoms with Crippen LogP contribution < -0.4 is 10.6 Å². The van der Waals surface area contributed by atoms with Crippen molar-refractivity contribution in [2.24, 2.45) is 12.0 Å². The summed E-state index contributed by atoms with van der Waals surface area (Å²) in [6.45, 7) is 16.1. The third-order valence-electron chi connectivity index (χ3n) is 5.36. The van der Waals surface area contributed by atoms with Gasteiger partial charge in [-0.3, -0.25) is 14.6 Å². The molecule has 0 saturated carbocycles. The van der Waals surface area contributed by atoms with Crippen LogP contribution in [0.3, 0.4) is 0 Å². The number of aryl methyl sites for hydroxylation is 2. The molecule has 0 radical (unpaired) electrons. The van der Waals surface area contributed by atoms with Gasteiger partial charge in [-0.1, -0.05) is 6.92 Å². The van der Waals surface area contributed by atoms with E-state index < -0.39 is 0 Å². The topological polar surface area (TPSA) is 60.7 Å². The third kappa shape index (κ3) is 5.19. The number of likely N-dealkylation sites (N-methyl/N-ethyl adjacent to an activating group) is 1. The quantitative estimate of drug-likeness (QED) is 0.586. The van der Waals surface area contributed by atoms with Crippen molar-refractivity contribution in [1.82, 2.24) is 30.2 Å². The van der Waals surface area contributed by atoms with Gasteiger partial charge < -0.3 is 15.5 Å². The van der Waals surface area contributed by atoms with Gasteiger partial charge in [0.25, 0.3) is 0 Å². The number of piperazine rings is 1. The summed E-state index contributed by atoms with van der Waals surface area (Å²) >= 11 is 0. The first-order valence-electron chi connectivity index (χ1n) is 9.36. The van der Waals surface area contributed by atoms with Crippen LogP contribution >= 0.6 is 0 Å². The van der Waals surface area contributed by atoms with Gasteiger partial charge >= 0.3 is 0 Å². The summed E-state index contributed by atoms with van der Waals surface area (Å²) in [6.07, 6.45) is 0. The second kappa shape index (κ2) is 9.20. The zero-order valence-corrected chi connectivity index (χ0v) is 16.8. The highest BCUT2D eigenvalue weighted by molar-refractivity contribution is 5.79. The van der Waals surface area contributed by atoms with Gasteiger partial charge in [-0.2, -0.15) is 5.10 Å². The summed E-state index contributed by atoms with van der Waals surface area (Å²) in [5, 5.41) is 11.3. The van der Waals surface area contributed by atoms with Gasteiger partial charge in [0.05, 0.1) is 5.69 Å². The van der Waals surface area contributed by atoms with Gasteiger partial charge in [-0.25, -0.2) is 0 Å². The lowest BCUT2D eigenvalue weighted by Crippen LogP contribution is -2.53. The average molecular weight is 350 g/mol. The van der Waals surface area contributed by atoms with Crippen molar-refractivity contribution in [2.45, 2.75) is 40.3 Å². The Morgan fingerprint density at radius 3 is 2.40 bits per heavy atom. The van der Waals surface area contributed by atoms with Crippen LogP contribution in [0, 0.1) is 13.8 Å². The van der Waals surface area contributed by atoms with E-state index in [-0.39, 0.29) is 0 Å². The van der Waals surface area contributed by atoms with Gasteiger partial charge in [0.1, 0.15) is 0 Å². The van der Waals surface area contributed by atoms with Crippen LogP contribution in [0.15, 0.2) is 4.99 Å². The number of nitrogens with zero attached hydrogens (tertiary/aromatic N) is 5. The number of hydrogen-bond donors (Lipinski definition) is 2. The first-order chi connectivity index (χ1) is 12.0. The molecule has 7 heteroatoms. The molecular formula is C18H35N7. The van der Waals surface area contributed by atoms with E-state index in [4.69, 9.17) is 0 Å². The molecule has 1 aromatic heterocycles. The number of aliphatic imine (C=N–C) groups is 1. The van der Waals surface area contributed by atoms with Crippen LogP contribution in [-0.4, -0.2) is 77.9 Å². The maximum Gasteiger partial charge on any atom is 0.191 e. The van der Waals surface area contributed by atoms with Gasteiger partial charge in [0, 0.05) is 70.7 Å². The van der Waals surface area contributed by atoms with Crippen molar-refractivity contribution >= 4 is 5.96 Å². The minimum atomic E-state index is 0.499. The molecule has 0 amide bonds. The highest BCUT2D eigenvalue weighted by Crippen LogP contribution is 2.11. The summed E-state index contributed by atoms with van der Waals surface area (Å²) in [5.41, 5.74) is 3.52. The Kier molecular flexibility index (Phi) is 7.25. The Hall–Kier alpha value is -1.60. The molecule has 1 fully saturated rings. The number of guanidine groups is 1. The second-order valence-corrected chi connectivity index (χ2v) is 6.90. The fourth-order valence-electron chi connectivity index (χ4n) is 3.36. The van der Waals surface area contributed by atoms with Gasteiger partial charge in [-0.15, -0.1) is 0 Å². The molecule has 2 rings (SSSR count). The van der Waals surface area contributed by atoms with Gasteiger partial charge in [0.15, 0.2) is 5.96 Å². The molecule has 1 atom stereocenters. The predicted octanol–water partition coefficient (Wildman–Crippen LogP) is 0.728. The summed E-state index contributed by atoms with van der Waals surface area (Å²) in [7, 11) is 3.81. The third-order valence-corrected chi connectivity index (χ3v) is 5.36. The van der Waals surface area contributed by atoms with Crippen molar-refractivity contribution in [2.75, 3.05) is 46.3 Å². The normalized spacial score (nSPS) is 18.4. The van der Waals surface area contributed by atoms with E-state index in [9.17, 15) is 0 Å². The lowest BCUT2D eigenvalue weighted by Gasteiger charge is -2.37. The smallest absolute Gasteiger partial charge is 0.191 e. The van der Waals surface area contributed by atoms with Crippen LogP contribution in [0.5, 0.6) is 0 Å². The van der Waals surface area contributed by atoms with E-state index in [0.29, 0.717) is 6.04 Å². The van der Waals surface area contributed by atoms with Crippen LogP contribution in [0.4, 0.5) is 0 Å². The van der Waals surface area contributed by atoms with E-state index in [1.165, 1.54) is 24.3 Å². The van der Waals surface area contributed by atoms with E-state index in [1.807, 2.05) is 18.8 Å². The molecule has 2 heterocycles. The molecule has 2 N–H and O–H groups in total. The zero-order valence-electron chi connectivity index (χ0n) is 16.8. The minimum Gasteiger partial charge on any atom is -0.355 e. The molecule has 1 aliphatic rings. The summed E-state index contributed by atoms with van der Waals surface area (Å²) in [5.74, 6) is 0.849. The molecule has 1 saturated heterocycles. The average Bonchev–Trinajstić information content (AvgIpc) is 2.87. The minimum absolute atomic E-state index is 0.499. The Morgan fingerprint density at radius 2 is 1.88 bits per heavy atom. The van der Waals surface area contributed by atoms with E-state index in [0.717, 1.165) is 44.4 Å². The number of hydrogen-bond acceptors (Lipinski definition) is 4. The van der Waals surface area contributed by atoms with Crippen molar-refractivity contribution in [3.05, 3.63) is 17.0 Å². The zero-order chi connectivity index (χ0) is 18.4. The SMILES string of the molecule is CCN1CCN(C(C)CNC(=NC)NCc2c(C)nn(C)c2C)CC1. The molecule has 0 spiro atoms. The molecular weight excluding hydrogens is 314 g/mol. The molecule has 0 aliphatic carbocycles. The highest BCUT2D eigenvalue weighted by Gasteiger charge is 2.20. The van der Waals surface area contributed by atoms with Crippen LogP contribution in [0.25, 0.3) is 0 Å². The Labute approximate surface area is 152 Å². The molecule has 1 aromatic rings. The molecule has 0 bridgehead atoms. The number of aromatic nitrogens is 2. The van der Waals surface area contributed by atoms with Crippen molar-refractivity contribution in [3.63, 3.8) is 0 Å². The molecule has 0 aromatic carbocycles. The summed E-state index contributed by atoms with van der Waals surface area (Å²) in [4.78, 5) is 9.42. The molecule has 142 valence electrons. The first-order valence-corrected chi connectivity index (χ1v) is 9.36. The molecule has 1 unspecified atom stereocenters. The van der Waals surface area contributed by atoms with E-state index >= 15 is 0 Å². The molecule has 25 heavy (non-hydrogen) atoms. The Balaban J connectivity index is 1.78. The van der Waals surface area contributed by atoms with Crippen molar-refractivity contribution < 1.29 is 0 Å². The lowest BCUT2D eigenvalue weighted by molar-refractivity contribution is 0.107. The second-order valence-electron chi connectivity index (χ2n) is 6.90. The Morgan fingerprint density at radius 1 is 1.20 bits per heavy atom. The van der Waals surface area contributed by atoms with Crippen LogP contribution in [0.1, 0.15) is 30.8 Å². The fourth-order valence-corrected chi connectivity index (χ4v) is 3.36. The van der Waals surface area contributed by atoms with Gasteiger partial charge in [-0.05, 0) is 27.3 Å². The highest BCUT2D eigenvalue weighted by atomic mass is 15.3. The first kappa shape index (κ1) is 19.7. The largest absolute Gasteiger partial charge is 0.355 e. The molecule has 1 aliphatic heterocycles. The summed E-state index contributed by atoms with van der Waals surface area (Å²) < 4.78 is 1.93. The standard InChI is InChI=1S/C18H35N7/c1-7-24-8-10-25(11-9-24)14(2)12-20-18(19-5)21-13-17-15(3)22-23(6)16(17)4/h14H,7-13H2,1-6H3,(H2,19,20,21). The van der Waals surface area contributed by atoms with E-state index in [1.54, 1.807) is 0 Å². The van der Waals surface area contributed by atoms with Gasteiger partial charge in [0.2, 0.25) is 0 Å². The summed E-state index contributed by atoms with van der Waals surface area (Å²) in [6, 6.07) is 0.499. The maximum absolute atomic E-state index is 4.47. The fraction of sp³-hybridized carbons (Fsp3) is 0.778. The van der Waals surface area contributed by atoms with Crippen molar-refractivity contribution in [1.29, 1.82) is 0 Å². The maximum atomic E-state index is 4.47. The number of nitrogens with one attached hydrogen (secondary N) is 2. The van der Waals surface area contributed by atoms with Crippen LogP contribution in [0.2, 0.25) is 0 Å². The monoisotopic (exact) mass is 349 g/mol. The number of rotatable bonds is 6. The predicted molar refractivity (Wildman–Crippen MR) is 104 cm³/mol. The van der Waals surface area contributed by atoms with Crippen molar-refractivity contribution in [3.8, 4) is 0 Å². The van der Waals surface area contributed by atoms with Crippen LogP contribution in [-0.2, 0) is 13.6 Å². The lowest BCUT2D eigenvalue weighted by atomic mass is 10.2.